The summed E-state index contributed by atoms with van der Waals surface area (Å²) in [5.74, 6) is -0.184. The number of allylic oxidation sites excluding steroid dienone is 3. The smallest absolute Gasteiger partial charge is 0.205 e. The van der Waals surface area contributed by atoms with Crippen molar-refractivity contribution in [2.75, 3.05) is 0 Å². The van der Waals surface area contributed by atoms with Crippen LogP contribution in [0.3, 0.4) is 0 Å². The van der Waals surface area contributed by atoms with Crippen molar-refractivity contribution in [2.24, 2.45) is 5.73 Å². The van der Waals surface area contributed by atoms with Gasteiger partial charge in [-0.25, -0.2) is 0 Å². The van der Waals surface area contributed by atoms with E-state index in [2.05, 4.69) is 0 Å². The fraction of sp³-hybridized carbons (Fsp3) is 0.250. The van der Waals surface area contributed by atoms with Crippen LogP contribution in [0.25, 0.3) is 0 Å². The van der Waals surface area contributed by atoms with Gasteiger partial charge in [0.2, 0.25) is 5.88 Å². The van der Waals surface area contributed by atoms with E-state index in [1.165, 1.54) is 0 Å². The number of nitrogens with two attached hydrogens (primary N) is 1. The summed E-state index contributed by atoms with van der Waals surface area (Å²) in [5.41, 5.74) is 7.02. The number of Topliss-reactive ketones (excluding diaryl/α,β-unsaturated/α-hetero) is 1. The van der Waals surface area contributed by atoms with E-state index in [-0.39, 0.29) is 17.2 Å². The lowest BCUT2D eigenvalue weighted by Crippen LogP contribution is -2.27. The van der Waals surface area contributed by atoms with Crippen molar-refractivity contribution in [3.63, 3.8) is 0 Å². The zero-order valence-electron chi connectivity index (χ0n) is 11.5. The van der Waals surface area contributed by atoms with Crippen LogP contribution in [0.4, 0.5) is 0 Å². The molecule has 0 amide bonds. The number of ether oxygens (including phenoxy) is 1. The van der Waals surface area contributed by atoms with E-state index in [9.17, 15) is 10.1 Å². The van der Waals surface area contributed by atoms with Crippen LogP contribution in [0.15, 0.2) is 41.0 Å². The Morgan fingerprint density at radius 1 is 1.27 bits per heavy atom. The molecule has 3 rings (SSSR count). The van der Waals surface area contributed by atoms with Crippen molar-refractivity contribution in [1.29, 1.82) is 5.26 Å². The van der Waals surface area contributed by atoms with Crippen molar-refractivity contribution >= 4 is 29.0 Å². The van der Waals surface area contributed by atoms with Gasteiger partial charge in [-0.1, -0.05) is 29.3 Å². The van der Waals surface area contributed by atoms with Crippen LogP contribution < -0.4 is 5.73 Å². The molecule has 0 saturated carbocycles. The van der Waals surface area contributed by atoms with Crippen LogP contribution in [0.1, 0.15) is 30.7 Å². The summed E-state index contributed by atoms with van der Waals surface area (Å²) in [5, 5.41) is 10.3. The Bertz CT molecular complexity index is 755. The Kier molecular flexibility index (Phi) is 3.86. The molecule has 1 aromatic rings. The van der Waals surface area contributed by atoms with Gasteiger partial charge in [-0.3, -0.25) is 4.79 Å². The molecular formula is C16H12Cl2N2O2. The first-order chi connectivity index (χ1) is 10.5. The number of nitrogens with zero attached hydrogens (tertiary/aromatic N) is 1. The summed E-state index contributed by atoms with van der Waals surface area (Å²) in [6.07, 6.45) is 1.73. The molecule has 0 spiro atoms. The quantitative estimate of drug-likeness (QED) is 0.847. The maximum atomic E-state index is 12.4. The molecule has 6 heteroatoms. The molecule has 0 radical (unpaired) electrons. The number of hydrogen-bond acceptors (Lipinski definition) is 4. The largest absolute Gasteiger partial charge is 0.444 e. The van der Waals surface area contributed by atoms with E-state index < -0.39 is 5.92 Å². The molecule has 4 nitrogen and oxygen atoms in total. The second-order valence-corrected chi connectivity index (χ2v) is 5.99. The molecular weight excluding hydrogens is 323 g/mol. The minimum absolute atomic E-state index is 0.0111. The van der Waals surface area contributed by atoms with E-state index in [1.807, 2.05) is 6.07 Å². The average molecular weight is 335 g/mol. The lowest BCUT2D eigenvalue weighted by atomic mass is 9.77. The fourth-order valence-electron chi connectivity index (χ4n) is 2.93. The molecule has 0 aromatic heterocycles. The number of ketones is 1. The molecule has 1 aromatic carbocycles. The van der Waals surface area contributed by atoms with Gasteiger partial charge >= 0.3 is 0 Å². The van der Waals surface area contributed by atoms with Gasteiger partial charge in [0.15, 0.2) is 5.78 Å². The van der Waals surface area contributed by atoms with Crippen LogP contribution in [0.2, 0.25) is 10.0 Å². The average Bonchev–Trinajstić information content (AvgIpc) is 2.46. The van der Waals surface area contributed by atoms with Gasteiger partial charge in [-0.15, -0.1) is 0 Å². The predicted molar refractivity (Wildman–Crippen MR) is 83.0 cm³/mol. The highest BCUT2D eigenvalue weighted by molar-refractivity contribution is 6.36. The first-order valence-electron chi connectivity index (χ1n) is 6.82. The summed E-state index contributed by atoms with van der Waals surface area (Å²) in [7, 11) is 0. The molecule has 1 aliphatic heterocycles. The van der Waals surface area contributed by atoms with Gasteiger partial charge < -0.3 is 10.5 Å². The third kappa shape index (κ3) is 2.27. The second kappa shape index (κ2) is 5.68. The van der Waals surface area contributed by atoms with E-state index in [0.29, 0.717) is 46.2 Å². The number of nitriles is 1. The van der Waals surface area contributed by atoms with Crippen LogP contribution in [-0.4, -0.2) is 5.78 Å². The summed E-state index contributed by atoms with van der Waals surface area (Å²) in [6.45, 7) is 0. The fourth-order valence-corrected chi connectivity index (χ4v) is 3.55. The highest BCUT2D eigenvalue weighted by Gasteiger charge is 2.39. The first-order valence-corrected chi connectivity index (χ1v) is 7.58. The molecule has 2 N–H and O–H groups in total. The van der Waals surface area contributed by atoms with Gasteiger partial charge in [0.1, 0.15) is 17.4 Å². The summed E-state index contributed by atoms with van der Waals surface area (Å²) >= 11 is 12.6. The Morgan fingerprint density at radius 3 is 2.59 bits per heavy atom. The van der Waals surface area contributed by atoms with Crippen LogP contribution in [-0.2, 0) is 9.53 Å². The lowest BCUT2D eigenvalue weighted by Gasteiger charge is -2.31. The third-order valence-electron chi connectivity index (χ3n) is 3.89. The van der Waals surface area contributed by atoms with Crippen LogP contribution in [0, 0.1) is 11.3 Å². The molecule has 2 aliphatic rings. The number of halogens is 2. The standard InChI is InChI=1S/C16H12Cl2N2O2/c17-9-3-1-4-10(18)14(9)13-8(7-19)16(20)22-12-6-2-5-11(21)15(12)13/h1,3-4,13H,2,5-6,20H2. The van der Waals surface area contributed by atoms with Crippen molar-refractivity contribution in [2.45, 2.75) is 25.2 Å². The molecule has 1 aliphatic carbocycles. The Balaban J connectivity index is 2.28. The number of carbonyl (C=O) groups excluding carboxylic acids is 1. The van der Waals surface area contributed by atoms with E-state index >= 15 is 0 Å². The molecule has 112 valence electrons. The van der Waals surface area contributed by atoms with Crippen molar-refractivity contribution in [1.82, 2.24) is 0 Å². The van der Waals surface area contributed by atoms with Crippen molar-refractivity contribution < 1.29 is 9.53 Å². The highest BCUT2D eigenvalue weighted by atomic mass is 35.5. The van der Waals surface area contributed by atoms with E-state index in [4.69, 9.17) is 33.7 Å². The Hall–Kier alpha value is -1.96. The van der Waals surface area contributed by atoms with Crippen LogP contribution >= 0.6 is 23.2 Å². The second-order valence-electron chi connectivity index (χ2n) is 5.17. The minimum atomic E-state index is -0.664. The van der Waals surface area contributed by atoms with Gasteiger partial charge in [-0.05, 0) is 18.6 Å². The topological polar surface area (TPSA) is 76.1 Å². The number of benzene rings is 1. The molecule has 22 heavy (non-hydrogen) atoms. The van der Waals surface area contributed by atoms with Gasteiger partial charge in [0.25, 0.3) is 0 Å². The van der Waals surface area contributed by atoms with Gasteiger partial charge in [-0.2, -0.15) is 5.26 Å². The predicted octanol–water partition coefficient (Wildman–Crippen LogP) is 3.81. The molecule has 0 fully saturated rings. The summed E-state index contributed by atoms with van der Waals surface area (Å²) in [4.78, 5) is 12.4. The summed E-state index contributed by atoms with van der Waals surface area (Å²) < 4.78 is 5.50. The maximum absolute atomic E-state index is 12.4. The van der Waals surface area contributed by atoms with Gasteiger partial charge in [0, 0.05) is 34.0 Å². The zero-order valence-corrected chi connectivity index (χ0v) is 13.0. The molecule has 1 unspecified atom stereocenters. The SMILES string of the molecule is N#CC1=C(N)OC2=C(C(=O)CCC2)C1c1c(Cl)cccc1Cl. The minimum Gasteiger partial charge on any atom is -0.444 e. The maximum Gasteiger partial charge on any atom is 0.205 e. The third-order valence-corrected chi connectivity index (χ3v) is 4.55. The lowest BCUT2D eigenvalue weighted by molar-refractivity contribution is -0.116. The molecule has 1 atom stereocenters. The normalized spacial score (nSPS) is 21.3. The molecule has 0 saturated heterocycles. The zero-order chi connectivity index (χ0) is 15.9. The molecule has 1 heterocycles. The monoisotopic (exact) mass is 334 g/mol. The first kappa shape index (κ1) is 15.0. The van der Waals surface area contributed by atoms with E-state index in [1.54, 1.807) is 18.2 Å². The van der Waals surface area contributed by atoms with Gasteiger partial charge in [0.05, 0.1) is 5.92 Å². The van der Waals surface area contributed by atoms with Crippen LogP contribution in [0.5, 0.6) is 0 Å². The number of carbonyl (C=O) groups is 1. The Morgan fingerprint density at radius 2 is 1.95 bits per heavy atom. The van der Waals surface area contributed by atoms with Crippen molar-refractivity contribution in [3.05, 3.63) is 56.6 Å². The Labute approximate surface area is 137 Å². The molecule has 0 bridgehead atoms. The number of hydrogen-bond donors (Lipinski definition) is 1. The highest BCUT2D eigenvalue weighted by Crippen LogP contribution is 2.47. The number of rotatable bonds is 1. The van der Waals surface area contributed by atoms with E-state index in [0.717, 1.165) is 0 Å². The summed E-state index contributed by atoms with van der Waals surface area (Å²) in [6, 6.07) is 7.10. The van der Waals surface area contributed by atoms with Crippen molar-refractivity contribution in [3.8, 4) is 6.07 Å².